The normalized spacial score (nSPS) is 16.2. The van der Waals surface area contributed by atoms with Gasteiger partial charge in [-0.05, 0) is 24.6 Å². The van der Waals surface area contributed by atoms with Gasteiger partial charge in [-0.25, -0.2) is 4.39 Å². The van der Waals surface area contributed by atoms with E-state index in [0.29, 0.717) is 37.7 Å². The zero-order valence-electron chi connectivity index (χ0n) is 9.29. The Morgan fingerprint density at radius 1 is 1.38 bits per heavy atom. The Kier molecular flexibility index (Phi) is 3.19. The lowest BCUT2D eigenvalue weighted by Gasteiger charge is -2.29. The molecule has 2 rings (SSSR count). The zero-order valence-corrected chi connectivity index (χ0v) is 9.29. The molecule has 0 unspecified atom stereocenters. The highest BCUT2D eigenvalue weighted by molar-refractivity contribution is 5.97. The minimum Gasteiger partial charge on any atom is -0.378 e. The Bertz CT molecular complexity index is 400. The van der Waals surface area contributed by atoms with Crippen molar-refractivity contribution in [2.24, 2.45) is 0 Å². The zero-order chi connectivity index (χ0) is 11.5. The summed E-state index contributed by atoms with van der Waals surface area (Å²) in [6.45, 7) is 4.57. The number of halogens is 1. The van der Waals surface area contributed by atoms with Crippen LogP contribution in [0, 0.1) is 18.2 Å². The second-order valence-electron chi connectivity index (χ2n) is 3.91. The molecule has 0 radical (unpaired) electrons. The topological polar surface area (TPSA) is 36.3 Å². The number of aryl methyl sites for hydroxylation is 1. The highest BCUT2D eigenvalue weighted by Crippen LogP contribution is 2.13. The van der Waals surface area contributed by atoms with E-state index in [1.54, 1.807) is 6.07 Å². The predicted octanol–water partition coefficient (Wildman–Crippen LogP) is 1.79. The molecule has 0 saturated carbocycles. The summed E-state index contributed by atoms with van der Waals surface area (Å²) in [5.74, 6) is 0.0962. The molecule has 1 aliphatic heterocycles. The molecule has 0 spiro atoms. The van der Waals surface area contributed by atoms with Crippen LogP contribution >= 0.6 is 0 Å². The summed E-state index contributed by atoms with van der Waals surface area (Å²) in [4.78, 5) is 1.92. The number of hydrogen-bond acceptors (Lipinski definition) is 2. The molecule has 1 aromatic rings. The minimum absolute atomic E-state index is 0.293. The summed E-state index contributed by atoms with van der Waals surface area (Å²) < 4.78 is 18.4. The molecule has 1 N–H and O–H groups in total. The van der Waals surface area contributed by atoms with Crippen molar-refractivity contribution in [3.05, 3.63) is 35.1 Å². The number of nitrogens with zero attached hydrogens (tertiary/aromatic N) is 1. The standard InChI is InChI=1S/C12H15FN2O/c1-9-2-3-10(13)8-11(9)12(14)15-4-6-16-7-5-15/h2-3,8,14H,4-7H2,1H3. The van der Waals surface area contributed by atoms with Crippen LogP contribution in [-0.4, -0.2) is 37.0 Å². The molecule has 1 fully saturated rings. The molecule has 1 aromatic carbocycles. The highest BCUT2D eigenvalue weighted by Gasteiger charge is 2.16. The van der Waals surface area contributed by atoms with Gasteiger partial charge in [0.05, 0.1) is 13.2 Å². The van der Waals surface area contributed by atoms with E-state index in [1.807, 2.05) is 11.8 Å². The van der Waals surface area contributed by atoms with Crippen LogP contribution in [0.25, 0.3) is 0 Å². The van der Waals surface area contributed by atoms with E-state index in [-0.39, 0.29) is 5.82 Å². The van der Waals surface area contributed by atoms with E-state index in [1.165, 1.54) is 12.1 Å². The Labute approximate surface area is 94.3 Å². The van der Waals surface area contributed by atoms with Crippen molar-refractivity contribution >= 4 is 5.84 Å². The van der Waals surface area contributed by atoms with Gasteiger partial charge in [0.15, 0.2) is 0 Å². The van der Waals surface area contributed by atoms with Crippen LogP contribution in [0.1, 0.15) is 11.1 Å². The number of hydrogen-bond donors (Lipinski definition) is 1. The number of morpholine rings is 1. The van der Waals surface area contributed by atoms with E-state index in [2.05, 4.69) is 0 Å². The third-order valence-electron chi connectivity index (χ3n) is 2.78. The van der Waals surface area contributed by atoms with Gasteiger partial charge in [-0.2, -0.15) is 0 Å². The van der Waals surface area contributed by atoms with Crippen molar-refractivity contribution in [3.8, 4) is 0 Å². The van der Waals surface area contributed by atoms with Crippen LogP contribution in [0.4, 0.5) is 4.39 Å². The smallest absolute Gasteiger partial charge is 0.128 e. The molecule has 0 aromatic heterocycles. The molecule has 1 saturated heterocycles. The lowest BCUT2D eigenvalue weighted by atomic mass is 10.1. The van der Waals surface area contributed by atoms with Gasteiger partial charge in [0.25, 0.3) is 0 Å². The quantitative estimate of drug-likeness (QED) is 0.581. The predicted molar refractivity (Wildman–Crippen MR) is 60.4 cm³/mol. The second kappa shape index (κ2) is 4.61. The summed E-state index contributed by atoms with van der Waals surface area (Å²) in [7, 11) is 0. The molecule has 0 amide bonds. The van der Waals surface area contributed by atoms with Crippen molar-refractivity contribution in [2.75, 3.05) is 26.3 Å². The van der Waals surface area contributed by atoms with Crippen LogP contribution in [0.15, 0.2) is 18.2 Å². The largest absolute Gasteiger partial charge is 0.378 e. The number of ether oxygens (including phenoxy) is 1. The molecular weight excluding hydrogens is 207 g/mol. The van der Waals surface area contributed by atoms with Crippen LogP contribution in [0.3, 0.4) is 0 Å². The van der Waals surface area contributed by atoms with Crippen molar-refractivity contribution in [2.45, 2.75) is 6.92 Å². The monoisotopic (exact) mass is 222 g/mol. The maximum Gasteiger partial charge on any atom is 0.128 e. The van der Waals surface area contributed by atoms with E-state index in [4.69, 9.17) is 10.1 Å². The maximum absolute atomic E-state index is 13.1. The third-order valence-corrected chi connectivity index (χ3v) is 2.78. The highest BCUT2D eigenvalue weighted by atomic mass is 19.1. The second-order valence-corrected chi connectivity index (χ2v) is 3.91. The molecule has 0 atom stereocenters. The van der Waals surface area contributed by atoms with E-state index in [0.717, 1.165) is 5.56 Å². The molecule has 16 heavy (non-hydrogen) atoms. The van der Waals surface area contributed by atoms with Gasteiger partial charge in [0.2, 0.25) is 0 Å². The Morgan fingerprint density at radius 2 is 2.06 bits per heavy atom. The molecule has 1 aliphatic rings. The SMILES string of the molecule is Cc1ccc(F)cc1C(=N)N1CCOCC1. The fourth-order valence-corrected chi connectivity index (χ4v) is 1.81. The Hall–Kier alpha value is -1.42. The van der Waals surface area contributed by atoms with Gasteiger partial charge in [-0.3, -0.25) is 5.41 Å². The lowest BCUT2D eigenvalue weighted by Crippen LogP contribution is -2.41. The minimum atomic E-state index is -0.293. The van der Waals surface area contributed by atoms with Gasteiger partial charge in [0, 0.05) is 18.7 Å². The molecule has 0 bridgehead atoms. The van der Waals surface area contributed by atoms with Crippen molar-refractivity contribution < 1.29 is 9.13 Å². The average Bonchev–Trinajstić information content (AvgIpc) is 2.32. The molecular formula is C12H15FN2O. The summed E-state index contributed by atoms with van der Waals surface area (Å²) in [5, 5.41) is 8.07. The Morgan fingerprint density at radius 3 is 2.75 bits per heavy atom. The first-order valence-corrected chi connectivity index (χ1v) is 5.36. The van der Waals surface area contributed by atoms with E-state index in [9.17, 15) is 4.39 Å². The molecule has 86 valence electrons. The van der Waals surface area contributed by atoms with Gasteiger partial charge in [0.1, 0.15) is 11.7 Å². The number of rotatable bonds is 1. The summed E-state index contributed by atoms with van der Waals surface area (Å²) in [6.07, 6.45) is 0. The van der Waals surface area contributed by atoms with Gasteiger partial charge >= 0.3 is 0 Å². The maximum atomic E-state index is 13.1. The Balaban J connectivity index is 2.22. The van der Waals surface area contributed by atoms with Gasteiger partial charge in [-0.1, -0.05) is 6.07 Å². The van der Waals surface area contributed by atoms with Crippen LogP contribution in [0.5, 0.6) is 0 Å². The fraction of sp³-hybridized carbons (Fsp3) is 0.417. The third kappa shape index (κ3) is 2.22. The van der Waals surface area contributed by atoms with Crippen LogP contribution in [-0.2, 0) is 4.74 Å². The fourth-order valence-electron chi connectivity index (χ4n) is 1.81. The number of benzene rings is 1. The van der Waals surface area contributed by atoms with Gasteiger partial charge in [-0.15, -0.1) is 0 Å². The number of nitrogens with one attached hydrogen (secondary N) is 1. The summed E-state index contributed by atoms with van der Waals surface area (Å²) in [6, 6.07) is 4.55. The molecule has 1 heterocycles. The van der Waals surface area contributed by atoms with Gasteiger partial charge < -0.3 is 9.64 Å². The first kappa shape index (κ1) is 11.1. The number of amidine groups is 1. The van der Waals surface area contributed by atoms with Crippen molar-refractivity contribution in [1.29, 1.82) is 5.41 Å². The van der Waals surface area contributed by atoms with E-state index < -0.39 is 0 Å². The average molecular weight is 222 g/mol. The first-order valence-electron chi connectivity index (χ1n) is 5.36. The lowest BCUT2D eigenvalue weighted by molar-refractivity contribution is 0.0679. The first-order chi connectivity index (χ1) is 7.68. The van der Waals surface area contributed by atoms with E-state index >= 15 is 0 Å². The van der Waals surface area contributed by atoms with Crippen LogP contribution < -0.4 is 0 Å². The molecule has 0 aliphatic carbocycles. The summed E-state index contributed by atoms with van der Waals surface area (Å²) in [5.41, 5.74) is 1.60. The molecule has 3 nitrogen and oxygen atoms in total. The molecule has 4 heteroatoms. The summed E-state index contributed by atoms with van der Waals surface area (Å²) >= 11 is 0. The van der Waals surface area contributed by atoms with Crippen molar-refractivity contribution in [3.63, 3.8) is 0 Å². The van der Waals surface area contributed by atoms with Crippen LogP contribution in [0.2, 0.25) is 0 Å². The van der Waals surface area contributed by atoms with Crippen molar-refractivity contribution in [1.82, 2.24) is 4.90 Å².